The van der Waals surface area contributed by atoms with Crippen molar-refractivity contribution in [2.75, 3.05) is 51.3 Å². The smallest absolute Gasteiger partial charge is 0.435 e. The molecule has 0 saturated carbocycles. The first-order valence-corrected chi connectivity index (χ1v) is 13.7. The van der Waals surface area contributed by atoms with E-state index in [1.807, 2.05) is 4.90 Å². The number of hydrogen-bond acceptors (Lipinski definition) is 8. The summed E-state index contributed by atoms with van der Waals surface area (Å²) in [6.07, 6.45) is -2.64. The Morgan fingerprint density at radius 3 is 2.58 bits per heavy atom. The Hall–Kier alpha value is -4.18. The number of hydrogen-bond donors (Lipinski definition) is 2. The van der Waals surface area contributed by atoms with Crippen molar-refractivity contribution in [2.24, 2.45) is 17.8 Å². The van der Waals surface area contributed by atoms with Crippen LogP contribution in [0.5, 0.6) is 0 Å². The van der Waals surface area contributed by atoms with Gasteiger partial charge in [-0.15, -0.1) is 0 Å². The molecule has 2 aromatic heterocycles. The number of nitrogens with one attached hydrogen (secondary N) is 1. The lowest BCUT2D eigenvalue weighted by molar-refractivity contribution is -0.141. The first-order chi connectivity index (χ1) is 20.5. The van der Waals surface area contributed by atoms with Crippen LogP contribution in [0.2, 0.25) is 5.02 Å². The van der Waals surface area contributed by atoms with Crippen molar-refractivity contribution in [3.63, 3.8) is 0 Å². The molecule has 1 fully saturated rings. The van der Waals surface area contributed by atoms with Gasteiger partial charge < -0.3 is 30.2 Å². The summed E-state index contributed by atoms with van der Waals surface area (Å²) in [5.41, 5.74) is 4.54. The number of carbonyl (C=O) groups is 2. The number of imidazole rings is 1. The van der Waals surface area contributed by atoms with Crippen molar-refractivity contribution in [3.05, 3.63) is 52.7 Å². The van der Waals surface area contributed by atoms with Crippen molar-refractivity contribution in [2.45, 2.75) is 18.8 Å². The lowest BCUT2D eigenvalue weighted by Crippen LogP contribution is -2.50. The Morgan fingerprint density at radius 1 is 1.21 bits per heavy atom. The molecule has 0 radical (unpaired) electrons. The third-order valence-corrected chi connectivity index (χ3v) is 7.39. The normalized spacial score (nSPS) is 17.2. The van der Waals surface area contributed by atoms with E-state index >= 15 is 0 Å². The summed E-state index contributed by atoms with van der Waals surface area (Å²) < 4.78 is 61.1. The van der Waals surface area contributed by atoms with Crippen LogP contribution in [0.3, 0.4) is 0 Å². The zero-order valence-corrected chi connectivity index (χ0v) is 23.7. The van der Waals surface area contributed by atoms with Crippen LogP contribution in [0.15, 0.2) is 35.6 Å². The van der Waals surface area contributed by atoms with Crippen LogP contribution in [-0.2, 0) is 24.5 Å². The molecule has 5 rings (SSSR count). The van der Waals surface area contributed by atoms with E-state index in [1.54, 1.807) is 4.90 Å². The van der Waals surface area contributed by atoms with Gasteiger partial charge in [0.1, 0.15) is 19.3 Å². The largest absolute Gasteiger partial charge is 0.463 e. The molecule has 3 aromatic rings. The van der Waals surface area contributed by atoms with E-state index in [0.717, 1.165) is 17.1 Å². The summed E-state index contributed by atoms with van der Waals surface area (Å²) in [6, 6.07) is 4.86. The average molecular weight is 626 g/mol. The monoisotopic (exact) mass is 625 g/mol. The second-order valence-corrected chi connectivity index (χ2v) is 10.3. The minimum absolute atomic E-state index is 0.0348. The first kappa shape index (κ1) is 30.3. The molecular formula is C26H28ClF4N9O3. The molecule has 0 spiro atoms. The summed E-state index contributed by atoms with van der Waals surface area (Å²) >= 11 is 6.42. The Kier molecular flexibility index (Phi) is 8.59. The highest BCUT2D eigenvalue weighted by atomic mass is 35.5. The number of alkyl halides is 4. The standard InChI is InChI=1S/C26H28ClF4N9O3/c1-37-20(18-13-40(5-4-28)36-21(18)26(29,30)31)12-33-22(37)23(41)34-15-2-3-17(19(27)10-15)24(42)38-6-8-39(9-7-38)25-35-16(11-32)14-43-25/h2-3,10,12-13,16H,4-9,11,14,32H2,1H3,(H,34,41). The van der Waals surface area contributed by atoms with Gasteiger partial charge in [0.15, 0.2) is 11.5 Å². The number of aromatic nitrogens is 4. The van der Waals surface area contributed by atoms with E-state index in [9.17, 15) is 27.2 Å². The van der Waals surface area contributed by atoms with E-state index < -0.39 is 24.5 Å². The quantitative estimate of drug-likeness (QED) is 0.385. The molecule has 1 atom stereocenters. The van der Waals surface area contributed by atoms with Crippen LogP contribution in [0.4, 0.5) is 23.2 Å². The minimum atomic E-state index is -4.81. The topological polar surface area (TPSA) is 136 Å². The number of anilines is 1. The van der Waals surface area contributed by atoms with E-state index in [-0.39, 0.29) is 51.8 Å². The van der Waals surface area contributed by atoms with Crippen LogP contribution in [0, 0.1) is 0 Å². The van der Waals surface area contributed by atoms with Crippen LogP contribution >= 0.6 is 11.6 Å². The molecule has 230 valence electrons. The number of piperazine rings is 1. The van der Waals surface area contributed by atoms with Gasteiger partial charge in [0.2, 0.25) is 0 Å². The molecule has 12 nitrogen and oxygen atoms in total. The number of aryl methyl sites for hydroxylation is 1. The maximum absolute atomic E-state index is 13.6. The summed E-state index contributed by atoms with van der Waals surface area (Å²) in [6.45, 7) is 1.49. The highest BCUT2D eigenvalue weighted by Crippen LogP contribution is 2.36. The minimum Gasteiger partial charge on any atom is -0.463 e. The number of rotatable bonds is 7. The van der Waals surface area contributed by atoms with E-state index in [0.29, 0.717) is 45.4 Å². The highest BCUT2D eigenvalue weighted by Gasteiger charge is 2.38. The Balaban J connectivity index is 1.25. The van der Waals surface area contributed by atoms with Gasteiger partial charge in [0.05, 0.1) is 34.6 Å². The highest BCUT2D eigenvalue weighted by molar-refractivity contribution is 6.34. The summed E-state index contributed by atoms with van der Waals surface area (Å²) in [5, 5.41) is 6.16. The number of aliphatic imine (C=N–C) groups is 1. The summed E-state index contributed by atoms with van der Waals surface area (Å²) in [7, 11) is 1.38. The lowest BCUT2D eigenvalue weighted by atomic mass is 10.1. The molecule has 1 unspecified atom stereocenters. The molecule has 1 saturated heterocycles. The lowest BCUT2D eigenvalue weighted by Gasteiger charge is -2.35. The predicted octanol–water partition coefficient (Wildman–Crippen LogP) is 2.65. The average Bonchev–Trinajstić information content (AvgIpc) is 3.71. The molecule has 0 bridgehead atoms. The van der Waals surface area contributed by atoms with Crippen LogP contribution in [0.1, 0.15) is 26.7 Å². The van der Waals surface area contributed by atoms with Crippen molar-refractivity contribution >= 4 is 35.1 Å². The molecule has 2 amide bonds. The van der Waals surface area contributed by atoms with Crippen molar-refractivity contribution < 1.29 is 31.9 Å². The van der Waals surface area contributed by atoms with Crippen LogP contribution < -0.4 is 11.1 Å². The Bertz CT molecular complexity index is 1550. The van der Waals surface area contributed by atoms with E-state index in [1.165, 1.54) is 29.8 Å². The van der Waals surface area contributed by atoms with Crippen molar-refractivity contribution in [1.82, 2.24) is 29.1 Å². The van der Waals surface area contributed by atoms with E-state index in [4.69, 9.17) is 22.1 Å². The molecular weight excluding hydrogens is 598 g/mol. The molecule has 1 aromatic carbocycles. The van der Waals surface area contributed by atoms with Crippen molar-refractivity contribution in [3.8, 4) is 11.3 Å². The fourth-order valence-electron chi connectivity index (χ4n) is 4.81. The summed E-state index contributed by atoms with van der Waals surface area (Å²) in [5.74, 6) is -1.19. The number of benzene rings is 1. The van der Waals surface area contributed by atoms with Gasteiger partial charge in [-0.2, -0.15) is 18.3 Å². The fourth-order valence-corrected chi connectivity index (χ4v) is 5.07. The van der Waals surface area contributed by atoms with Gasteiger partial charge >= 0.3 is 6.18 Å². The third kappa shape index (κ3) is 6.29. The zero-order valence-electron chi connectivity index (χ0n) is 22.9. The maximum Gasteiger partial charge on any atom is 0.435 e. The van der Waals surface area contributed by atoms with Gasteiger partial charge in [-0.1, -0.05) is 11.6 Å². The van der Waals surface area contributed by atoms with Gasteiger partial charge in [-0.3, -0.25) is 14.3 Å². The number of amides is 2. The molecule has 0 aliphatic carbocycles. The van der Waals surface area contributed by atoms with Gasteiger partial charge in [0, 0.05) is 51.7 Å². The summed E-state index contributed by atoms with van der Waals surface area (Å²) in [4.78, 5) is 38.2. The first-order valence-electron chi connectivity index (χ1n) is 13.3. The predicted molar refractivity (Wildman–Crippen MR) is 149 cm³/mol. The van der Waals surface area contributed by atoms with Crippen LogP contribution in [0.25, 0.3) is 11.3 Å². The third-order valence-electron chi connectivity index (χ3n) is 7.08. The molecule has 17 heteroatoms. The zero-order chi connectivity index (χ0) is 30.9. The molecule has 2 aliphatic heterocycles. The number of nitrogens with two attached hydrogens (primary N) is 1. The number of ether oxygens (including phenoxy) is 1. The number of amidine groups is 1. The molecule has 43 heavy (non-hydrogen) atoms. The SMILES string of the molecule is Cn1c(-c2cn(CCF)nc2C(F)(F)F)cnc1C(=O)Nc1ccc(C(=O)N2CCN(C3=NC(CN)CO3)CC2)c(Cl)c1. The number of carbonyl (C=O) groups excluding carboxylic acids is 2. The fraction of sp³-hybridized carbons (Fsp3) is 0.423. The van der Waals surface area contributed by atoms with Gasteiger partial charge in [-0.25, -0.2) is 14.4 Å². The van der Waals surface area contributed by atoms with E-state index in [2.05, 4.69) is 20.4 Å². The van der Waals surface area contributed by atoms with Crippen LogP contribution in [-0.4, -0.2) is 99.0 Å². The number of halogens is 5. The second kappa shape index (κ2) is 12.2. The second-order valence-electron chi connectivity index (χ2n) is 9.91. The van der Waals surface area contributed by atoms with Gasteiger partial charge in [-0.05, 0) is 18.2 Å². The Morgan fingerprint density at radius 2 is 1.95 bits per heavy atom. The Labute approximate surface area is 248 Å². The molecule has 2 aliphatic rings. The molecule has 3 N–H and O–H groups in total. The molecule has 4 heterocycles. The van der Waals surface area contributed by atoms with Gasteiger partial charge in [0.25, 0.3) is 17.8 Å². The number of nitrogens with zero attached hydrogens (tertiary/aromatic N) is 7. The maximum atomic E-state index is 13.6. The van der Waals surface area contributed by atoms with Crippen molar-refractivity contribution in [1.29, 1.82) is 0 Å².